The Morgan fingerprint density at radius 2 is 1.97 bits per heavy atom. The number of amides is 3. The SMILES string of the molecule is N#CC1(c2ccc(Cl)cc2F)CCN(CCCOc2cccc3c2CN(C2CCC(=O)NC2=O)C3=O)CC1. The molecule has 3 aliphatic rings. The molecule has 2 aromatic carbocycles. The Morgan fingerprint density at radius 1 is 1.18 bits per heavy atom. The molecule has 1 N–H and O–H groups in total. The predicted molar refractivity (Wildman–Crippen MR) is 137 cm³/mol. The molecule has 0 bridgehead atoms. The van der Waals surface area contributed by atoms with Crippen LogP contribution in [0.2, 0.25) is 5.02 Å². The zero-order valence-electron chi connectivity index (χ0n) is 20.8. The predicted octanol–water partition coefficient (Wildman–Crippen LogP) is 3.57. The Hall–Kier alpha value is -3.48. The summed E-state index contributed by atoms with van der Waals surface area (Å²) in [6, 6.07) is 11.5. The minimum Gasteiger partial charge on any atom is -0.493 e. The lowest BCUT2D eigenvalue weighted by molar-refractivity contribution is -0.136. The number of imide groups is 1. The maximum absolute atomic E-state index is 14.5. The quantitative estimate of drug-likeness (QED) is 0.427. The molecule has 198 valence electrons. The van der Waals surface area contributed by atoms with Gasteiger partial charge < -0.3 is 14.5 Å². The van der Waals surface area contributed by atoms with Crippen molar-refractivity contribution in [2.45, 2.75) is 50.1 Å². The lowest BCUT2D eigenvalue weighted by Crippen LogP contribution is -2.52. The number of hydrogen-bond donors (Lipinski definition) is 1. The second-order valence-electron chi connectivity index (χ2n) is 10.0. The maximum Gasteiger partial charge on any atom is 0.255 e. The van der Waals surface area contributed by atoms with Crippen molar-refractivity contribution in [1.29, 1.82) is 5.26 Å². The van der Waals surface area contributed by atoms with Crippen molar-refractivity contribution in [3.8, 4) is 11.8 Å². The van der Waals surface area contributed by atoms with Crippen LogP contribution >= 0.6 is 11.6 Å². The van der Waals surface area contributed by atoms with E-state index >= 15 is 0 Å². The second-order valence-corrected chi connectivity index (χ2v) is 10.5. The topological polar surface area (TPSA) is 103 Å². The van der Waals surface area contributed by atoms with Crippen LogP contribution in [0, 0.1) is 17.1 Å². The number of likely N-dealkylation sites (tertiary alicyclic amines) is 1. The van der Waals surface area contributed by atoms with Crippen molar-refractivity contribution in [2.75, 3.05) is 26.2 Å². The van der Waals surface area contributed by atoms with Gasteiger partial charge in [0, 0.05) is 34.7 Å². The number of fused-ring (bicyclic) bond motifs is 1. The van der Waals surface area contributed by atoms with Gasteiger partial charge in [-0.05, 0) is 63.0 Å². The van der Waals surface area contributed by atoms with Crippen LogP contribution in [-0.4, -0.2) is 59.8 Å². The van der Waals surface area contributed by atoms with Gasteiger partial charge in [-0.2, -0.15) is 5.26 Å². The van der Waals surface area contributed by atoms with Crippen LogP contribution in [0.25, 0.3) is 0 Å². The molecule has 3 amide bonds. The molecule has 10 heteroatoms. The third-order valence-corrected chi connectivity index (χ3v) is 8.02. The first-order valence-corrected chi connectivity index (χ1v) is 13.2. The zero-order chi connectivity index (χ0) is 26.9. The number of hydrogen-bond acceptors (Lipinski definition) is 6. The fourth-order valence-electron chi connectivity index (χ4n) is 5.64. The van der Waals surface area contributed by atoms with Crippen LogP contribution in [-0.2, 0) is 21.5 Å². The summed E-state index contributed by atoms with van der Waals surface area (Å²) < 4.78 is 20.6. The molecular formula is C28H28ClFN4O4. The number of nitrogens with one attached hydrogen (secondary N) is 1. The van der Waals surface area contributed by atoms with Gasteiger partial charge in [0.25, 0.3) is 5.91 Å². The molecule has 38 heavy (non-hydrogen) atoms. The number of piperidine rings is 2. The highest BCUT2D eigenvalue weighted by atomic mass is 35.5. The van der Waals surface area contributed by atoms with E-state index in [2.05, 4.69) is 16.3 Å². The van der Waals surface area contributed by atoms with Crippen LogP contribution in [0.15, 0.2) is 36.4 Å². The number of nitrogens with zero attached hydrogens (tertiary/aromatic N) is 3. The maximum atomic E-state index is 14.5. The lowest BCUT2D eigenvalue weighted by Gasteiger charge is -2.37. The molecule has 3 heterocycles. The molecule has 8 nitrogen and oxygen atoms in total. The normalized spacial score (nSPS) is 21.1. The van der Waals surface area contributed by atoms with Crippen LogP contribution in [0.4, 0.5) is 4.39 Å². The number of rotatable bonds is 7. The van der Waals surface area contributed by atoms with Gasteiger partial charge in [0.05, 0.1) is 24.6 Å². The number of benzene rings is 2. The molecule has 1 atom stereocenters. The van der Waals surface area contributed by atoms with Crippen LogP contribution in [0.5, 0.6) is 5.75 Å². The van der Waals surface area contributed by atoms with Gasteiger partial charge in [-0.3, -0.25) is 19.7 Å². The average Bonchev–Trinajstić information content (AvgIpc) is 3.24. The van der Waals surface area contributed by atoms with E-state index in [1.54, 1.807) is 24.3 Å². The van der Waals surface area contributed by atoms with Gasteiger partial charge in [0.1, 0.15) is 17.6 Å². The highest BCUT2D eigenvalue weighted by Crippen LogP contribution is 2.37. The smallest absolute Gasteiger partial charge is 0.255 e. The molecular weight excluding hydrogens is 511 g/mol. The minimum atomic E-state index is -0.854. The minimum absolute atomic E-state index is 0.209. The van der Waals surface area contributed by atoms with E-state index in [0.717, 1.165) is 18.5 Å². The summed E-state index contributed by atoms with van der Waals surface area (Å²) in [6.45, 7) is 2.81. The second kappa shape index (κ2) is 10.7. The van der Waals surface area contributed by atoms with Gasteiger partial charge in [0.2, 0.25) is 11.8 Å². The Bertz CT molecular complexity index is 1320. The van der Waals surface area contributed by atoms with E-state index in [1.165, 1.54) is 11.0 Å². The van der Waals surface area contributed by atoms with E-state index in [9.17, 15) is 24.0 Å². The van der Waals surface area contributed by atoms with Gasteiger partial charge in [-0.1, -0.05) is 23.7 Å². The Labute approximate surface area is 225 Å². The van der Waals surface area contributed by atoms with Gasteiger partial charge in [0.15, 0.2) is 0 Å². The van der Waals surface area contributed by atoms with Gasteiger partial charge in [-0.15, -0.1) is 0 Å². The first kappa shape index (κ1) is 26.1. The van der Waals surface area contributed by atoms with E-state index in [4.69, 9.17) is 16.3 Å². The Morgan fingerprint density at radius 3 is 2.68 bits per heavy atom. The number of carbonyl (C=O) groups is 3. The Kier molecular flexibility index (Phi) is 7.37. The van der Waals surface area contributed by atoms with Crippen LogP contribution in [0.1, 0.15) is 53.6 Å². The van der Waals surface area contributed by atoms with Crippen molar-refractivity contribution < 1.29 is 23.5 Å². The molecule has 2 fully saturated rings. The summed E-state index contributed by atoms with van der Waals surface area (Å²) in [4.78, 5) is 40.5. The highest BCUT2D eigenvalue weighted by Gasteiger charge is 2.40. The number of halogens is 2. The van der Waals surface area contributed by atoms with Crippen molar-refractivity contribution in [2.24, 2.45) is 0 Å². The number of nitriles is 1. The van der Waals surface area contributed by atoms with Crippen molar-refractivity contribution >= 4 is 29.3 Å². The largest absolute Gasteiger partial charge is 0.493 e. The monoisotopic (exact) mass is 538 g/mol. The zero-order valence-corrected chi connectivity index (χ0v) is 21.6. The molecule has 3 aliphatic heterocycles. The fraction of sp³-hybridized carbons (Fsp3) is 0.429. The average molecular weight is 539 g/mol. The lowest BCUT2D eigenvalue weighted by atomic mass is 9.74. The molecule has 5 rings (SSSR count). The van der Waals surface area contributed by atoms with Crippen molar-refractivity contribution in [3.05, 3.63) is 63.9 Å². The van der Waals surface area contributed by atoms with Crippen LogP contribution in [0.3, 0.4) is 0 Å². The summed E-state index contributed by atoms with van der Waals surface area (Å²) in [7, 11) is 0. The molecule has 0 saturated carbocycles. The van der Waals surface area contributed by atoms with Crippen molar-refractivity contribution in [1.82, 2.24) is 15.1 Å². The summed E-state index contributed by atoms with van der Waals surface area (Å²) in [5.74, 6) is -0.808. The first-order chi connectivity index (χ1) is 18.3. The molecule has 0 aromatic heterocycles. The fourth-order valence-corrected chi connectivity index (χ4v) is 5.80. The van der Waals surface area contributed by atoms with Crippen LogP contribution < -0.4 is 10.1 Å². The van der Waals surface area contributed by atoms with E-state index in [-0.39, 0.29) is 24.8 Å². The standard InChI is InChI=1S/C28H28ClFN4O4/c29-18-5-6-21(22(30)15-18)28(17-31)9-12-33(13-10-28)11-2-14-38-24-4-1-3-19-20(24)16-34(27(19)37)23-7-8-25(35)32-26(23)36/h1,3-6,15,23H,2,7-14,16H2,(H,32,35,36). The number of ether oxygens (including phenoxy) is 1. The first-order valence-electron chi connectivity index (χ1n) is 12.8. The highest BCUT2D eigenvalue weighted by molar-refractivity contribution is 6.30. The number of carbonyl (C=O) groups excluding carboxylic acids is 3. The molecule has 1 unspecified atom stereocenters. The third kappa shape index (κ3) is 4.98. The Balaban J connectivity index is 1.14. The summed E-state index contributed by atoms with van der Waals surface area (Å²) in [5, 5.41) is 12.5. The summed E-state index contributed by atoms with van der Waals surface area (Å²) in [5.41, 5.74) is 0.827. The van der Waals surface area contributed by atoms with Crippen molar-refractivity contribution in [3.63, 3.8) is 0 Å². The summed E-state index contributed by atoms with van der Waals surface area (Å²) in [6.07, 6.45) is 2.33. The third-order valence-electron chi connectivity index (χ3n) is 7.79. The molecule has 2 aromatic rings. The molecule has 0 spiro atoms. The van der Waals surface area contributed by atoms with E-state index in [0.29, 0.717) is 60.9 Å². The van der Waals surface area contributed by atoms with Gasteiger partial charge >= 0.3 is 0 Å². The van der Waals surface area contributed by atoms with Gasteiger partial charge in [-0.25, -0.2) is 4.39 Å². The molecule has 0 radical (unpaired) electrons. The summed E-state index contributed by atoms with van der Waals surface area (Å²) >= 11 is 5.89. The van der Waals surface area contributed by atoms with E-state index < -0.39 is 23.2 Å². The molecule has 0 aliphatic carbocycles. The van der Waals surface area contributed by atoms with E-state index in [1.807, 2.05) is 6.07 Å². The molecule has 2 saturated heterocycles.